The van der Waals surface area contributed by atoms with Crippen LogP contribution in [-0.4, -0.2) is 32.9 Å². The molecule has 1 amide bonds. The predicted octanol–water partition coefficient (Wildman–Crippen LogP) is 1.74. The summed E-state index contributed by atoms with van der Waals surface area (Å²) in [7, 11) is 3.34. The molecule has 2 aliphatic rings. The minimum atomic E-state index is -2.30. The molecule has 1 unspecified atom stereocenters. The second kappa shape index (κ2) is 4.53. The van der Waals surface area contributed by atoms with Crippen LogP contribution in [0.3, 0.4) is 0 Å². The largest absolute Gasteiger partial charge is 0.363 e. The van der Waals surface area contributed by atoms with Crippen molar-refractivity contribution in [1.29, 1.82) is 0 Å². The van der Waals surface area contributed by atoms with Crippen LogP contribution in [0.1, 0.15) is 35.5 Å². The minimum absolute atomic E-state index is 0.0250. The fourth-order valence-corrected chi connectivity index (χ4v) is 2.77. The summed E-state index contributed by atoms with van der Waals surface area (Å²) in [6.45, 7) is -2.30. The average Bonchev–Trinajstić information content (AvgIpc) is 3.29. The third-order valence-electron chi connectivity index (χ3n) is 4.11. The van der Waals surface area contributed by atoms with Crippen LogP contribution in [0, 0.1) is 5.92 Å². The maximum absolute atomic E-state index is 12.2. The topological polar surface area (TPSA) is 75.9 Å². The maximum Gasteiger partial charge on any atom is 0.228 e. The lowest BCUT2D eigenvalue weighted by molar-refractivity contribution is -0.117. The zero-order chi connectivity index (χ0) is 17.9. The predicted molar refractivity (Wildman–Crippen MR) is 82.4 cm³/mol. The van der Waals surface area contributed by atoms with Gasteiger partial charge >= 0.3 is 0 Å². The fraction of sp³-hybridized carbons (Fsp3) is 0.467. The van der Waals surface area contributed by atoms with E-state index in [1.54, 1.807) is 31.3 Å². The lowest BCUT2D eigenvalue weighted by atomic mass is 9.99. The van der Waals surface area contributed by atoms with Crippen molar-refractivity contribution in [3.8, 4) is 11.3 Å². The Bertz CT molecular complexity index is 857. The normalized spacial score (nSPS) is 22.2. The minimum Gasteiger partial charge on any atom is -0.363 e. The molecule has 4 rings (SSSR count). The monoisotopic (exact) mass is 301 g/mol. The van der Waals surface area contributed by atoms with E-state index in [0.29, 0.717) is 28.5 Å². The summed E-state index contributed by atoms with van der Waals surface area (Å²) >= 11 is 0. The molecule has 0 spiro atoms. The van der Waals surface area contributed by atoms with Crippen molar-refractivity contribution in [3.63, 3.8) is 0 Å². The quantitative estimate of drug-likeness (QED) is 0.914. The summed E-state index contributed by atoms with van der Waals surface area (Å²) in [5.41, 5.74) is 2.20. The van der Waals surface area contributed by atoms with Crippen molar-refractivity contribution >= 4 is 17.4 Å². The van der Waals surface area contributed by atoms with Crippen molar-refractivity contribution < 1.29 is 8.91 Å². The van der Waals surface area contributed by atoms with Crippen LogP contribution in [-0.2, 0) is 11.8 Å². The van der Waals surface area contributed by atoms with E-state index in [1.165, 1.54) is 4.80 Å². The van der Waals surface area contributed by atoms with Gasteiger partial charge in [-0.3, -0.25) is 4.79 Å². The molecule has 22 heavy (non-hydrogen) atoms. The van der Waals surface area contributed by atoms with Crippen LogP contribution in [0.2, 0.25) is 0 Å². The van der Waals surface area contributed by atoms with E-state index in [4.69, 9.17) is 4.11 Å². The lowest BCUT2D eigenvalue weighted by Gasteiger charge is -2.33. The molecule has 1 N–H and O–H groups in total. The molecular weight excluding hydrogens is 280 g/mol. The Balaban J connectivity index is 1.87. The van der Waals surface area contributed by atoms with Crippen molar-refractivity contribution in [3.05, 3.63) is 18.0 Å². The molecule has 7 heteroatoms. The Morgan fingerprint density at radius 1 is 1.41 bits per heavy atom. The molecule has 3 heterocycles. The smallest absolute Gasteiger partial charge is 0.228 e. The first-order valence-electron chi connectivity index (χ1n) is 8.71. The molecule has 0 bridgehead atoms. The van der Waals surface area contributed by atoms with Gasteiger partial charge in [0.05, 0.1) is 11.7 Å². The third-order valence-corrected chi connectivity index (χ3v) is 4.11. The number of nitrogens with zero attached hydrogens (tertiary/aromatic N) is 5. The average molecular weight is 301 g/mol. The molecule has 1 atom stereocenters. The second-order valence-electron chi connectivity index (χ2n) is 5.76. The zero-order valence-electron chi connectivity index (χ0n) is 15.4. The van der Waals surface area contributed by atoms with Crippen LogP contribution in [0.15, 0.2) is 12.3 Å². The summed E-state index contributed by atoms with van der Waals surface area (Å²) in [5.74, 6) is 0.309. The SMILES string of the molecule is [2H]C([2H])([2H])C1c2nn(C)nc2-c2ccnc(NC(=O)C3CC3)c2N1C. The molecule has 2 aromatic rings. The van der Waals surface area contributed by atoms with Gasteiger partial charge in [-0.25, -0.2) is 4.98 Å². The van der Waals surface area contributed by atoms with Crippen LogP contribution < -0.4 is 10.2 Å². The lowest BCUT2D eigenvalue weighted by Crippen LogP contribution is -2.28. The Hall–Kier alpha value is -2.44. The van der Waals surface area contributed by atoms with Gasteiger partial charge in [-0.1, -0.05) is 0 Å². The number of rotatable bonds is 2. The molecule has 0 radical (unpaired) electrons. The van der Waals surface area contributed by atoms with Gasteiger partial charge in [-0.2, -0.15) is 15.0 Å². The maximum atomic E-state index is 12.2. The standard InChI is InChI=1S/C15H18N6O/c1-8-11-12(19-21(3)18-11)10-6-7-16-14(13(10)20(8)2)17-15(22)9-4-5-9/h6-9H,4-5H2,1-3H3,(H,16,17,22)/i1D3. The first-order valence-corrected chi connectivity index (χ1v) is 7.21. The van der Waals surface area contributed by atoms with Crippen LogP contribution in [0.5, 0.6) is 0 Å². The van der Waals surface area contributed by atoms with Gasteiger partial charge in [0.1, 0.15) is 11.4 Å². The number of hydrogen-bond acceptors (Lipinski definition) is 5. The number of carbonyl (C=O) groups is 1. The molecule has 0 aromatic carbocycles. The molecule has 1 aliphatic heterocycles. The van der Waals surface area contributed by atoms with E-state index in [1.807, 2.05) is 0 Å². The molecule has 1 saturated carbocycles. The molecule has 1 fully saturated rings. The fourth-order valence-electron chi connectivity index (χ4n) is 2.77. The summed E-state index contributed by atoms with van der Waals surface area (Å²) in [6, 6.07) is 0.812. The first kappa shape index (κ1) is 10.3. The summed E-state index contributed by atoms with van der Waals surface area (Å²) in [6.07, 6.45) is 3.34. The van der Waals surface area contributed by atoms with Gasteiger partial charge in [0, 0.05) is 35.9 Å². The number of pyridine rings is 1. The number of nitrogens with one attached hydrogen (secondary N) is 1. The molecule has 2 aromatic heterocycles. The van der Waals surface area contributed by atoms with E-state index >= 15 is 0 Å². The molecule has 1 aliphatic carbocycles. The van der Waals surface area contributed by atoms with E-state index < -0.39 is 12.9 Å². The van der Waals surface area contributed by atoms with Crippen LogP contribution in [0.25, 0.3) is 11.3 Å². The van der Waals surface area contributed by atoms with E-state index in [9.17, 15) is 4.79 Å². The van der Waals surface area contributed by atoms with Gasteiger partial charge in [0.15, 0.2) is 5.82 Å². The van der Waals surface area contributed by atoms with Gasteiger partial charge in [-0.05, 0) is 25.8 Å². The molecule has 0 saturated heterocycles. The second-order valence-corrected chi connectivity index (χ2v) is 5.76. The summed E-state index contributed by atoms with van der Waals surface area (Å²) < 4.78 is 23.8. The van der Waals surface area contributed by atoms with Gasteiger partial charge < -0.3 is 10.2 Å². The van der Waals surface area contributed by atoms with E-state index in [0.717, 1.165) is 12.8 Å². The highest BCUT2D eigenvalue weighted by molar-refractivity contribution is 5.99. The molecule has 114 valence electrons. The van der Waals surface area contributed by atoms with Crippen LogP contribution >= 0.6 is 0 Å². The zero-order valence-corrected chi connectivity index (χ0v) is 12.4. The first-order chi connectivity index (χ1) is 11.8. The number of aryl methyl sites for hydroxylation is 1. The summed E-state index contributed by atoms with van der Waals surface area (Å²) in [4.78, 5) is 19.4. The highest BCUT2D eigenvalue weighted by Crippen LogP contribution is 2.45. The Morgan fingerprint density at radius 3 is 2.95 bits per heavy atom. The van der Waals surface area contributed by atoms with Crippen molar-refractivity contribution in [1.82, 2.24) is 20.0 Å². The van der Waals surface area contributed by atoms with Crippen LogP contribution in [0.4, 0.5) is 11.5 Å². The molecular formula is C15H18N6O. The highest BCUT2D eigenvalue weighted by Gasteiger charge is 2.34. The van der Waals surface area contributed by atoms with Crippen molar-refractivity contribution in [2.24, 2.45) is 13.0 Å². The Morgan fingerprint density at radius 2 is 2.23 bits per heavy atom. The number of carbonyl (C=O) groups excluding carboxylic acids is 1. The van der Waals surface area contributed by atoms with Gasteiger partial charge in [0.2, 0.25) is 5.91 Å². The Labute approximate surface area is 132 Å². The van der Waals surface area contributed by atoms with E-state index in [-0.39, 0.29) is 11.8 Å². The Kier molecular flexibility index (Phi) is 2.12. The number of fused-ring (bicyclic) bond motifs is 3. The number of aromatic nitrogens is 4. The van der Waals surface area contributed by atoms with Gasteiger partial charge in [0.25, 0.3) is 0 Å². The van der Waals surface area contributed by atoms with Crippen molar-refractivity contribution in [2.45, 2.75) is 25.7 Å². The summed E-state index contributed by atoms with van der Waals surface area (Å²) in [5, 5.41) is 11.5. The van der Waals surface area contributed by atoms with Gasteiger partial charge in [-0.15, -0.1) is 0 Å². The number of amides is 1. The molecule has 7 nitrogen and oxygen atoms in total. The van der Waals surface area contributed by atoms with Crippen molar-refractivity contribution in [2.75, 3.05) is 17.3 Å². The third kappa shape index (κ3) is 1.88. The highest BCUT2D eigenvalue weighted by atomic mass is 16.2. The number of anilines is 2. The number of hydrogen-bond donors (Lipinski definition) is 1. The van der Waals surface area contributed by atoms with E-state index in [2.05, 4.69) is 20.5 Å².